The van der Waals surface area contributed by atoms with E-state index in [2.05, 4.69) is 0 Å². The zero-order chi connectivity index (χ0) is 21.6. The minimum absolute atomic E-state index is 0.263. The van der Waals surface area contributed by atoms with Gasteiger partial charge in [0.15, 0.2) is 11.5 Å². The van der Waals surface area contributed by atoms with Crippen molar-refractivity contribution in [1.29, 1.82) is 0 Å². The molecule has 0 fully saturated rings. The van der Waals surface area contributed by atoms with Crippen molar-refractivity contribution in [2.75, 3.05) is 46.4 Å². The Balaban J connectivity index is 2.62. The van der Waals surface area contributed by atoms with Crippen LogP contribution >= 0.6 is 0 Å². The normalized spacial score (nSPS) is 10.6. The molecule has 0 aliphatic rings. The Kier molecular flexibility index (Phi) is 7.91. The highest BCUT2D eigenvalue weighted by Crippen LogP contribution is 2.44. The maximum Gasteiger partial charge on any atom is 0.155 e. The summed E-state index contributed by atoms with van der Waals surface area (Å²) in [5.74, 6) is 0.562. The van der Waals surface area contributed by atoms with Crippen LogP contribution in [0.5, 0.6) is 11.5 Å². The number of rotatable bonds is 10. The molecule has 9 heteroatoms. The van der Waals surface area contributed by atoms with Gasteiger partial charge in [0.1, 0.15) is 11.4 Å². The van der Waals surface area contributed by atoms with E-state index in [0.717, 1.165) is 20.3 Å². The quantitative estimate of drug-likeness (QED) is 0.429. The molecule has 2 rings (SSSR count). The van der Waals surface area contributed by atoms with E-state index >= 15 is 0 Å². The number of hydrogen-bond acceptors (Lipinski definition) is 9. The van der Waals surface area contributed by atoms with E-state index in [1.807, 2.05) is 0 Å². The first-order chi connectivity index (χ1) is 13.9. The largest absolute Gasteiger partial charge is 0.453 e. The molecule has 0 atom stereocenters. The molecule has 0 aliphatic heterocycles. The number of hydrogen-bond donors (Lipinski definition) is 4. The third-order valence-corrected chi connectivity index (χ3v) is 4.45. The third-order valence-electron chi connectivity index (χ3n) is 4.45. The fourth-order valence-corrected chi connectivity index (χ4v) is 2.90. The number of benzene rings is 2. The lowest BCUT2D eigenvalue weighted by molar-refractivity contribution is 0.240. The summed E-state index contributed by atoms with van der Waals surface area (Å²) in [7, 11) is 0. The smallest absolute Gasteiger partial charge is 0.155 e. The Bertz CT molecular complexity index is 739. The van der Waals surface area contributed by atoms with Crippen molar-refractivity contribution in [2.45, 2.75) is 27.7 Å². The minimum Gasteiger partial charge on any atom is -0.453 e. The third kappa shape index (κ3) is 4.83. The van der Waals surface area contributed by atoms with Crippen molar-refractivity contribution in [3.05, 3.63) is 36.4 Å². The average Bonchev–Trinajstić information content (AvgIpc) is 2.76. The van der Waals surface area contributed by atoms with E-state index in [1.165, 1.54) is 0 Å². The van der Waals surface area contributed by atoms with E-state index in [4.69, 9.17) is 4.74 Å². The molecule has 29 heavy (non-hydrogen) atoms. The topological polar surface area (TPSA) is 103 Å². The van der Waals surface area contributed by atoms with E-state index in [-0.39, 0.29) is 36.0 Å². The van der Waals surface area contributed by atoms with Gasteiger partial charge in [0.2, 0.25) is 0 Å². The van der Waals surface area contributed by atoms with Crippen molar-refractivity contribution in [3.63, 3.8) is 0 Å². The second-order valence-electron chi connectivity index (χ2n) is 6.21. The van der Waals surface area contributed by atoms with Crippen LogP contribution in [-0.2, 0) is 0 Å². The Labute approximate surface area is 171 Å². The van der Waals surface area contributed by atoms with Crippen LogP contribution in [0.2, 0.25) is 0 Å². The molecule has 0 bridgehead atoms. The lowest BCUT2D eigenvalue weighted by atomic mass is 10.2. The fraction of sp³-hybridized carbons (Fsp3) is 0.400. The minimum atomic E-state index is 0.263. The summed E-state index contributed by atoms with van der Waals surface area (Å²) >= 11 is 0. The Morgan fingerprint density at radius 2 is 0.931 bits per heavy atom. The lowest BCUT2D eigenvalue weighted by Crippen LogP contribution is -2.25. The van der Waals surface area contributed by atoms with Crippen LogP contribution in [0.3, 0.4) is 0 Å². The average molecular weight is 406 g/mol. The van der Waals surface area contributed by atoms with E-state index in [0.29, 0.717) is 24.5 Å². The Hall–Kier alpha value is -2.72. The van der Waals surface area contributed by atoms with Crippen LogP contribution in [0.25, 0.3) is 0 Å². The summed E-state index contributed by atoms with van der Waals surface area (Å²) in [5, 5.41) is 45.3. The first-order valence-electron chi connectivity index (χ1n) is 9.68. The van der Waals surface area contributed by atoms with Crippen LogP contribution in [0.4, 0.5) is 22.7 Å². The molecule has 0 spiro atoms. The van der Waals surface area contributed by atoms with Crippen LogP contribution in [0, 0.1) is 0 Å². The van der Waals surface area contributed by atoms with Gasteiger partial charge in [-0.05, 0) is 52.0 Å². The second-order valence-corrected chi connectivity index (χ2v) is 6.21. The highest BCUT2D eigenvalue weighted by molar-refractivity contribution is 5.79. The molecule has 0 aliphatic carbocycles. The van der Waals surface area contributed by atoms with Crippen molar-refractivity contribution in [2.24, 2.45) is 0 Å². The molecule has 0 radical (unpaired) electrons. The molecule has 0 amide bonds. The summed E-state index contributed by atoms with van der Waals surface area (Å²) < 4.78 is 6.08. The number of hydroxylamine groups is 4. The zero-order valence-electron chi connectivity index (χ0n) is 17.3. The molecule has 0 saturated carbocycles. The Morgan fingerprint density at radius 1 is 0.586 bits per heavy atom. The predicted molar refractivity (Wildman–Crippen MR) is 112 cm³/mol. The van der Waals surface area contributed by atoms with Gasteiger partial charge in [-0.1, -0.05) is 12.1 Å². The van der Waals surface area contributed by atoms with Gasteiger partial charge in [-0.2, -0.15) is 0 Å². The lowest BCUT2D eigenvalue weighted by Gasteiger charge is -2.28. The van der Waals surface area contributed by atoms with Gasteiger partial charge in [0.05, 0.1) is 11.4 Å². The van der Waals surface area contributed by atoms with Crippen molar-refractivity contribution in [3.8, 4) is 11.5 Å². The molecule has 2 aromatic rings. The van der Waals surface area contributed by atoms with E-state index in [9.17, 15) is 20.8 Å². The van der Waals surface area contributed by atoms with Gasteiger partial charge < -0.3 is 4.74 Å². The van der Waals surface area contributed by atoms with Gasteiger partial charge in [0, 0.05) is 26.2 Å². The summed E-state index contributed by atoms with van der Waals surface area (Å²) in [6, 6.07) is 10.0. The molecule has 9 nitrogen and oxygen atoms in total. The molecular weight excluding hydrogens is 376 g/mol. The molecule has 160 valence electrons. The predicted octanol–water partition coefficient (Wildman–Crippen LogP) is 4.34. The van der Waals surface area contributed by atoms with Crippen LogP contribution < -0.4 is 25.0 Å². The van der Waals surface area contributed by atoms with Gasteiger partial charge in [0.25, 0.3) is 0 Å². The van der Waals surface area contributed by atoms with Crippen molar-refractivity contribution in [1.82, 2.24) is 0 Å². The van der Waals surface area contributed by atoms with Gasteiger partial charge in [-0.15, -0.1) is 0 Å². The monoisotopic (exact) mass is 406 g/mol. The number of ether oxygens (including phenoxy) is 1. The van der Waals surface area contributed by atoms with Crippen molar-refractivity contribution >= 4 is 22.7 Å². The van der Waals surface area contributed by atoms with E-state index < -0.39 is 0 Å². The SMILES string of the molecule is CCN(O)c1cccc(Oc2cccc(N(O)CC)c2N(O)CC)c1N(O)CC. The van der Waals surface area contributed by atoms with Crippen LogP contribution in [-0.4, -0.2) is 47.0 Å². The van der Waals surface area contributed by atoms with Gasteiger partial charge in [-0.3, -0.25) is 41.1 Å². The first kappa shape index (κ1) is 22.6. The highest BCUT2D eigenvalue weighted by Gasteiger charge is 2.22. The number of nitrogens with zero attached hydrogens (tertiary/aromatic N) is 4. The molecule has 0 heterocycles. The Morgan fingerprint density at radius 3 is 1.24 bits per heavy atom. The maximum absolute atomic E-state index is 10.4. The van der Waals surface area contributed by atoms with E-state index in [1.54, 1.807) is 64.1 Å². The first-order valence-corrected chi connectivity index (χ1v) is 9.68. The second kappa shape index (κ2) is 10.2. The standard InChI is InChI=1S/C20H30N4O5/c1-5-21(25)15-11-9-13-17(19(15)23(27)7-3)29-18-14-10-12-16(22(26)6-2)20(18)24(28)8-4/h9-14,25-28H,5-8H2,1-4H3. The molecule has 0 saturated heterocycles. The molecule has 4 N–H and O–H groups in total. The summed E-state index contributed by atoms with van der Waals surface area (Å²) in [5.41, 5.74) is 1.32. The van der Waals surface area contributed by atoms with Gasteiger partial charge in [-0.25, -0.2) is 0 Å². The van der Waals surface area contributed by atoms with Crippen LogP contribution in [0.1, 0.15) is 27.7 Å². The zero-order valence-corrected chi connectivity index (χ0v) is 17.3. The fourth-order valence-electron chi connectivity index (χ4n) is 2.90. The molecular formula is C20H30N4O5. The number of anilines is 4. The highest BCUT2D eigenvalue weighted by atomic mass is 16.5. The van der Waals surface area contributed by atoms with Crippen molar-refractivity contribution < 1.29 is 25.6 Å². The molecule has 2 aromatic carbocycles. The van der Waals surface area contributed by atoms with Crippen LogP contribution in [0.15, 0.2) is 36.4 Å². The summed E-state index contributed by atoms with van der Waals surface area (Å²) in [6.45, 7) is 8.22. The van der Waals surface area contributed by atoms with Gasteiger partial charge >= 0.3 is 0 Å². The maximum atomic E-state index is 10.4. The molecule has 0 unspecified atom stereocenters. The number of para-hydroxylation sites is 2. The summed E-state index contributed by atoms with van der Waals surface area (Å²) in [4.78, 5) is 0. The molecule has 0 aromatic heterocycles. The summed E-state index contributed by atoms with van der Waals surface area (Å²) in [6.07, 6.45) is 0.